The van der Waals surface area contributed by atoms with Gasteiger partial charge in [0.1, 0.15) is 5.82 Å². The van der Waals surface area contributed by atoms with Crippen LogP contribution in [0.4, 0.5) is 0 Å². The van der Waals surface area contributed by atoms with E-state index in [1.54, 1.807) is 31.5 Å². The van der Waals surface area contributed by atoms with Gasteiger partial charge in [-0.3, -0.25) is 4.79 Å². The number of nitrogens with zero attached hydrogens (tertiary/aromatic N) is 2. The lowest BCUT2D eigenvalue weighted by Gasteiger charge is -2.03. The van der Waals surface area contributed by atoms with E-state index in [1.807, 2.05) is 0 Å². The van der Waals surface area contributed by atoms with Crippen molar-refractivity contribution in [3.8, 4) is 11.6 Å². The van der Waals surface area contributed by atoms with Crippen LogP contribution in [-0.2, 0) is 0 Å². The lowest BCUT2D eigenvalue weighted by Crippen LogP contribution is -2.16. The van der Waals surface area contributed by atoms with Gasteiger partial charge in [-0.2, -0.15) is 4.98 Å². The Bertz CT molecular complexity index is 499. The van der Waals surface area contributed by atoms with Gasteiger partial charge in [0.15, 0.2) is 5.69 Å². The molecule has 2 N–H and O–H groups in total. The van der Waals surface area contributed by atoms with E-state index >= 15 is 0 Å². The molecule has 72 valence electrons. The number of hydrogen-bond donors (Lipinski definition) is 2. The third-order valence-electron chi connectivity index (χ3n) is 1.86. The fourth-order valence-electron chi connectivity index (χ4n) is 1.28. The normalized spacial score (nSPS) is 10.4. The molecular formula is C9H9N3O2. The Morgan fingerprint density at radius 3 is 2.64 bits per heavy atom. The summed E-state index contributed by atoms with van der Waals surface area (Å²) < 4.78 is 1.51. The number of H-pyrrole nitrogens is 1. The molecule has 0 fully saturated rings. The minimum Gasteiger partial charge on any atom is -0.492 e. The van der Waals surface area contributed by atoms with Gasteiger partial charge in [-0.05, 0) is 19.1 Å². The highest BCUT2D eigenvalue weighted by atomic mass is 16.3. The van der Waals surface area contributed by atoms with Gasteiger partial charge in [0.2, 0.25) is 5.88 Å². The summed E-state index contributed by atoms with van der Waals surface area (Å²) in [6.07, 6.45) is 3.34. The standard InChI is InChI=1S/C9H9N3O2/c1-6-10-8(13)7(9(14)11-6)12-4-2-3-5-12/h2-5H,1H3,(H2,10,11,13,14). The first-order chi connectivity index (χ1) is 6.68. The van der Waals surface area contributed by atoms with Gasteiger partial charge < -0.3 is 14.7 Å². The number of aryl methyl sites for hydroxylation is 1. The van der Waals surface area contributed by atoms with Crippen molar-refractivity contribution >= 4 is 0 Å². The maximum Gasteiger partial charge on any atom is 0.279 e. The molecule has 2 rings (SSSR count). The molecule has 0 spiro atoms. The molecule has 0 radical (unpaired) electrons. The van der Waals surface area contributed by atoms with E-state index in [0.717, 1.165) is 0 Å². The Balaban J connectivity index is 2.71. The topological polar surface area (TPSA) is 70.9 Å². The minimum atomic E-state index is -0.355. The van der Waals surface area contributed by atoms with Crippen molar-refractivity contribution in [2.45, 2.75) is 6.92 Å². The van der Waals surface area contributed by atoms with Crippen molar-refractivity contribution in [2.75, 3.05) is 0 Å². The summed E-state index contributed by atoms with van der Waals surface area (Å²) in [7, 11) is 0. The Kier molecular flexibility index (Phi) is 1.85. The van der Waals surface area contributed by atoms with Crippen molar-refractivity contribution in [1.82, 2.24) is 14.5 Å². The summed E-state index contributed by atoms with van der Waals surface area (Å²) in [5.41, 5.74) is -0.216. The highest BCUT2D eigenvalue weighted by molar-refractivity contribution is 5.38. The molecule has 0 atom stereocenters. The first kappa shape index (κ1) is 8.55. The molecule has 0 saturated carbocycles. The maximum absolute atomic E-state index is 11.5. The molecule has 5 nitrogen and oxygen atoms in total. The predicted molar refractivity (Wildman–Crippen MR) is 50.6 cm³/mol. The van der Waals surface area contributed by atoms with Crippen LogP contribution in [0.1, 0.15) is 5.82 Å². The SMILES string of the molecule is Cc1nc(O)c(-n2cccc2)c(=O)[nH]1. The Morgan fingerprint density at radius 2 is 2.07 bits per heavy atom. The molecule has 0 saturated heterocycles. The fraction of sp³-hybridized carbons (Fsp3) is 0.111. The largest absolute Gasteiger partial charge is 0.492 e. The molecule has 2 aromatic rings. The van der Waals surface area contributed by atoms with Crippen LogP contribution in [0, 0.1) is 6.92 Å². The zero-order valence-corrected chi connectivity index (χ0v) is 7.56. The molecule has 0 bridgehead atoms. The summed E-state index contributed by atoms with van der Waals surface area (Å²) in [6, 6.07) is 3.53. The number of aromatic hydroxyl groups is 1. The Morgan fingerprint density at radius 1 is 1.43 bits per heavy atom. The van der Waals surface area contributed by atoms with Crippen LogP contribution in [0.2, 0.25) is 0 Å². The third-order valence-corrected chi connectivity index (χ3v) is 1.86. The quantitative estimate of drug-likeness (QED) is 0.692. The van der Waals surface area contributed by atoms with Crippen LogP contribution in [0.25, 0.3) is 5.69 Å². The van der Waals surface area contributed by atoms with Crippen LogP contribution in [0.5, 0.6) is 5.88 Å². The molecule has 0 aliphatic carbocycles. The number of rotatable bonds is 1. The number of aromatic nitrogens is 3. The van der Waals surface area contributed by atoms with Gasteiger partial charge in [-0.1, -0.05) is 0 Å². The van der Waals surface area contributed by atoms with Gasteiger partial charge in [0.25, 0.3) is 5.56 Å². The molecule has 0 aliphatic rings. The summed E-state index contributed by atoms with van der Waals surface area (Å²) in [5, 5.41) is 9.49. The highest BCUT2D eigenvalue weighted by Gasteiger charge is 2.09. The van der Waals surface area contributed by atoms with Crippen LogP contribution >= 0.6 is 0 Å². The molecule has 0 amide bonds. The lowest BCUT2D eigenvalue weighted by atomic mass is 10.4. The van der Waals surface area contributed by atoms with Gasteiger partial charge in [-0.15, -0.1) is 0 Å². The Labute approximate surface area is 79.7 Å². The van der Waals surface area contributed by atoms with E-state index in [4.69, 9.17) is 0 Å². The summed E-state index contributed by atoms with van der Waals surface area (Å²) >= 11 is 0. The number of nitrogens with one attached hydrogen (secondary N) is 1. The molecule has 0 aromatic carbocycles. The van der Waals surface area contributed by atoms with Crippen molar-refractivity contribution < 1.29 is 5.11 Å². The Hall–Kier alpha value is -2.04. The van der Waals surface area contributed by atoms with Gasteiger partial charge in [-0.25, -0.2) is 0 Å². The second-order valence-corrected chi connectivity index (χ2v) is 2.91. The molecule has 2 aromatic heterocycles. The number of aromatic amines is 1. The van der Waals surface area contributed by atoms with Crippen molar-refractivity contribution in [3.05, 3.63) is 40.7 Å². The first-order valence-electron chi connectivity index (χ1n) is 4.11. The average Bonchev–Trinajstić information content (AvgIpc) is 2.54. The van der Waals surface area contributed by atoms with E-state index in [1.165, 1.54) is 4.57 Å². The second-order valence-electron chi connectivity index (χ2n) is 2.91. The predicted octanol–water partition coefficient (Wildman–Crippen LogP) is 0.575. The van der Waals surface area contributed by atoms with Crippen LogP contribution in [0.15, 0.2) is 29.3 Å². The van der Waals surface area contributed by atoms with Crippen LogP contribution in [-0.4, -0.2) is 19.6 Å². The number of hydrogen-bond acceptors (Lipinski definition) is 3. The van der Waals surface area contributed by atoms with E-state index in [0.29, 0.717) is 5.82 Å². The molecule has 5 heteroatoms. The van der Waals surface area contributed by atoms with Crippen molar-refractivity contribution in [1.29, 1.82) is 0 Å². The zero-order valence-electron chi connectivity index (χ0n) is 7.56. The fourth-order valence-corrected chi connectivity index (χ4v) is 1.28. The minimum absolute atomic E-state index is 0.139. The average molecular weight is 191 g/mol. The van der Waals surface area contributed by atoms with Crippen molar-refractivity contribution in [3.63, 3.8) is 0 Å². The van der Waals surface area contributed by atoms with E-state index < -0.39 is 0 Å². The molecule has 2 heterocycles. The summed E-state index contributed by atoms with van der Waals surface area (Å²) in [6.45, 7) is 1.61. The molecule has 14 heavy (non-hydrogen) atoms. The molecule has 0 aliphatic heterocycles. The van der Waals surface area contributed by atoms with Gasteiger partial charge in [0, 0.05) is 12.4 Å². The van der Waals surface area contributed by atoms with Crippen LogP contribution in [0.3, 0.4) is 0 Å². The maximum atomic E-state index is 11.5. The highest BCUT2D eigenvalue weighted by Crippen LogP contribution is 2.13. The smallest absolute Gasteiger partial charge is 0.279 e. The first-order valence-corrected chi connectivity index (χ1v) is 4.11. The van der Waals surface area contributed by atoms with Gasteiger partial charge in [0.05, 0.1) is 0 Å². The molecular weight excluding hydrogens is 182 g/mol. The zero-order chi connectivity index (χ0) is 10.1. The van der Waals surface area contributed by atoms with E-state index in [2.05, 4.69) is 9.97 Å². The molecule has 0 unspecified atom stereocenters. The second kappa shape index (κ2) is 3.02. The van der Waals surface area contributed by atoms with Crippen LogP contribution < -0.4 is 5.56 Å². The van der Waals surface area contributed by atoms with E-state index in [9.17, 15) is 9.90 Å². The lowest BCUT2D eigenvalue weighted by molar-refractivity contribution is 0.445. The third kappa shape index (κ3) is 1.28. The van der Waals surface area contributed by atoms with E-state index in [-0.39, 0.29) is 17.1 Å². The summed E-state index contributed by atoms with van der Waals surface area (Å²) in [5.74, 6) is 0.130. The van der Waals surface area contributed by atoms with Gasteiger partial charge >= 0.3 is 0 Å². The summed E-state index contributed by atoms with van der Waals surface area (Å²) in [4.78, 5) is 17.8. The monoisotopic (exact) mass is 191 g/mol. The van der Waals surface area contributed by atoms with Crippen molar-refractivity contribution in [2.24, 2.45) is 0 Å².